The van der Waals surface area contributed by atoms with E-state index >= 15 is 0 Å². The van der Waals surface area contributed by atoms with Gasteiger partial charge < -0.3 is 71.5 Å². The fraction of sp³-hybridized carbons (Fsp3) is 0. The molecule has 0 radical (unpaired) electrons. The van der Waals surface area contributed by atoms with Gasteiger partial charge in [-0.2, -0.15) is 0 Å². The first kappa shape index (κ1) is 165. The first-order valence-corrected chi connectivity index (χ1v) is 4.56. The molecule has 46 heavy (non-hydrogen) atoms. The Hall–Kier alpha value is 24.3. The number of hydrogen-bond acceptors (Lipinski definition) is 7. The van der Waals surface area contributed by atoms with Gasteiger partial charge in [0.15, 0.2) is 0 Å². The first-order chi connectivity index (χ1) is 12.1. The Labute approximate surface area is 1030 Å². The molecular weight excluding hydrogens is 1120 g/mol. The van der Waals surface area contributed by atoms with Crippen LogP contribution in [0.15, 0.2) is 0 Å². The third-order valence-electron chi connectivity index (χ3n) is 0. The Bertz CT molecular complexity index is 346. The van der Waals surface area contributed by atoms with Crippen molar-refractivity contribution in [2.24, 2.45) is 0 Å². The predicted molar refractivity (Wildman–Crippen MR) is 203 cm³/mol. The van der Waals surface area contributed by atoms with Crippen LogP contribution in [0.5, 0.6) is 0 Å². The second kappa shape index (κ2) is 158. The molecular formula is C7H32K18O21. The molecule has 0 heterocycles. The predicted octanol–water partition coefficient (Wildman–Crippen LogP) is -10.1. The van der Waals surface area contributed by atoms with Crippen LogP contribution in [0.1, 0.15) is 0 Å². The zero-order chi connectivity index (χ0) is 25.0. The molecule has 0 unspecified atom stereocenters. The minimum absolute atomic E-state index is 0. The van der Waals surface area contributed by atoms with Crippen molar-refractivity contribution in [2.45, 2.75) is 0 Å². The van der Waals surface area contributed by atoms with Crippen LogP contribution in [0.2, 0.25) is 0 Å². The molecule has 0 saturated heterocycles. The van der Waals surface area contributed by atoms with Gasteiger partial charge in [0.2, 0.25) is 0 Å². The van der Waals surface area contributed by atoms with Crippen LogP contribution in [0.25, 0.3) is 0 Å². The summed E-state index contributed by atoms with van der Waals surface area (Å²) in [6.45, 7) is 0. The summed E-state index contributed by atoms with van der Waals surface area (Å²) < 4.78 is 0. The Balaban J connectivity index is -0.00000000457. The van der Waals surface area contributed by atoms with Crippen LogP contribution in [-0.4, -0.2) is 1040 Å². The van der Waals surface area contributed by atoms with Crippen molar-refractivity contribution >= 4 is 968 Å². The summed E-state index contributed by atoms with van der Waals surface area (Å²) in [5.74, 6) is 0. The normalized spacial score (nSPS) is 3.65. The molecule has 0 atom stereocenters. The molecule has 21 nitrogen and oxygen atoms in total. The zero-order valence-corrected chi connectivity index (χ0v) is 12.6. The summed E-state index contributed by atoms with van der Waals surface area (Å²) >= 11 is 0. The molecule has 0 bridgehead atoms. The van der Waals surface area contributed by atoms with Crippen LogP contribution >= 0.6 is 0 Å². The van der Waals surface area contributed by atoms with Gasteiger partial charge in [0, 0.05) is 0 Å². The zero-order valence-electron chi connectivity index (χ0n) is 12.6. The van der Waals surface area contributed by atoms with E-state index in [-0.39, 0.29) is 925 Å². The summed E-state index contributed by atoms with van der Waals surface area (Å²) in [6.07, 6.45) is -12.8. The van der Waals surface area contributed by atoms with E-state index in [0.717, 1.165) is 0 Å². The fourth-order valence-corrected chi connectivity index (χ4v) is 0. The van der Waals surface area contributed by atoms with Crippen LogP contribution < -0.4 is 0 Å². The van der Waals surface area contributed by atoms with E-state index in [2.05, 4.69) is 0 Å². The SMILES string of the molecule is O=C(O)O.O=C(O)O.O=C(O)O.O=C(O)O.O=C(O)O.O=C(O)O.O=C(O)O.[KH].[KH].[KH].[KH].[KH].[KH].[KH].[KH].[KH].[KH].[KH].[KH].[KH].[KH].[KH].[KH].[KH].[KH]. The number of carboxylic acid groups (broad SMARTS) is 14. The standard InChI is InChI=1S/7CH2O3.18K.18H/c7*2-1(3)4;;;;;;;;;;;;;;;;;;;;;;;;;;;;;;;;;;;;/h7*(H2,2,3,4);;;;;;;;;;;;;;;;;;;;;;;;;;;;;;;;;;;;. The Morgan fingerprint density at radius 2 is 0.152 bits per heavy atom. The summed E-state index contributed by atoms with van der Waals surface area (Å²) in [7, 11) is 0. The molecule has 0 saturated carbocycles. The van der Waals surface area contributed by atoms with Gasteiger partial charge in [-0.1, -0.05) is 0 Å². The van der Waals surface area contributed by atoms with Crippen molar-refractivity contribution in [3.8, 4) is 0 Å². The molecule has 0 aliphatic rings. The molecule has 0 spiro atoms. The van der Waals surface area contributed by atoms with Crippen LogP contribution in [0, 0.1) is 0 Å². The third kappa shape index (κ3) is 523. The van der Waals surface area contributed by atoms with Gasteiger partial charge in [-0.25, -0.2) is 33.6 Å². The monoisotopic (exact) mass is 1150 g/mol. The minimum atomic E-state index is -1.83. The van der Waals surface area contributed by atoms with E-state index < -0.39 is 43.1 Å². The van der Waals surface area contributed by atoms with Gasteiger partial charge in [-0.05, 0) is 0 Å². The van der Waals surface area contributed by atoms with E-state index in [1.807, 2.05) is 0 Å². The summed E-state index contributed by atoms with van der Waals surface area (Å²) in [4.78, 5) is 59.9. The fourth-order valence-electron chi connectivity index (χ4n) is 0. The van der Waals surface area contributed by atoms with Crippen molar-refractivity contribution < 1.29 is 105 Å². The van der Waals surface area contributed by atoms with E-state index in [4.69, 9.17) is 105 Å². The Morgan fingerprint density at radius 3 is 0.152 bits per heavy atom. The van der Waals surface area contributed by atoms with E-state index in [0.29, 0.717) is 0 Å². The first-order valence-electron chi connectivity index (χ1n) is 4.56. The molecule has 39 heteroatoms. The number of rotatable bonds is 0. The summed E-state index contributed by atoms with van der Waals surface area (Å²) in [6, 6.07) is 0. The van der Waals surface area contributed by atoms with Crippen LogP contribution in [0.3, 0.4) is 0 Å². The quantitative estimate of drug-likeness (QED) is 0.100. The van der Waals surface area contributed by atoms with Crippen LogP contribution in [-0.2, 0) is 0 Å². The van der Waals surface area contributed by atoms with Gasteiger partial charge in [0.25, 0.3) is 0 Å². The van der Waals surface area contributed by atoms with Crippen molar-refractivity contribution in [1.29, 1.82) is 0 Å². The van der Waals surface area contributed by atoms with Gasteiger partial charge in [-0.15, -0.1) is 0 Å². The van der Waals surface area contributed by atoms with Crippen molar-refractivity contribution in [2.75, 3.05) is 0 Å². The van der Waals surface area contributed by atoms with E-state index in [9.17, 15) is 0 Å². The number of hydrogen-bond donors (Lipinski definition) is 14. The maximum atomic E-state index is 8.56. The molecule has 0 aromatic heterocycles. The Morgan fingerprint density at radius 1 is 0.152 bits per heavy atom. The topological polar surface area (TPSA) is 403 Å². The van der Waals surface area contributed by atoms with E-state index in [1.165, 1.54) is 0 Å². The molecule has 0 amide bonds. The van der Waals surface area contributed by atoms with Crippen LogP contribution in [0.4, 0.5) is 33.6 Å². The molecule has 0 rings (SSSR count). The van der Waals surface area contributed by atoms with Gasteiger partial charge >= 0.3 is 968 Å². The van der Waals surface area contributed by atoms with Crippen molar-refractivity contribution in [1.82, 2.24) is 0 Å². The second-order valence-corrected chi connectivity index (χ2v) is 1.98. The third-order valence-corrected chi connectivity index (χ3v) is 0. The summed E-state index contributed by atoms with van der Waals surface area (Å²) in [5, 5.41) is 97.6. The van der Waals surface area contributed by atoms with Crippen molar-refractivity contribution in [3.05, 3.63) is 0 Å². The average molecular weight is 1160 g/mol. The van der Waals surface area contributed by atoms with Gasteiger partial charge in [0.05, 0.1) is 0 Å². The van der Waals surface area contributed by atoms with E-state index in [1.54, 1.807) is 0 Å². The molecule has 0 fully saturated rings. The van der Waals surface area contributed by atoms with Gasteiger partial charge in [0.1, 0.15) is 0 Å². The molecule has 0 aromatic rings. The molecule has 0 aromatic carbocycles. The second-order valence-electron chi connectivity index (χ2n) is 1.98. The molecule has 14 N–H and O–H groups in total. The molecule has 204 valence electrons. The Kier molecular flexibility index (Phi) is 563. The molecule has 0 aliphatic heterocycles. The molecule has 0 aliphatic carbocycles. The summed E-state index contributed by atoms with van der Waals surface area (Å²) in [5.41, 5.74) is 0. The number of carbonyl (C=O) groups is 7. The maximum absolute atomic E-state index is 8.56. The van der Waals surface area contributed by atoms with Crippen molar-refractivity contribution in [3.63, 3.8) is 0 Å². The average Bonchev–Trinajstić information content (AvgIpc) is 2.20. The van der Waals surface area contributed by atoms with Gasteiger partial charge in [-0.3, -0.25) is 0 Å².